The summed E-state index contributed by atoms with van der Waals surface area (Å²) >= 11 is 6.26. The molecular weight excluding hydrogens is 262 g/mol. The van der Waals surface area contributed by atoms with E-state index in [9.17, 15) is 0 Å². The summed E-state index contributed by atoms with van der Waals surface area (Å²) < 4.78 is 3.83. The van der Waals surface area contributed by atoms with E-state index in [0.29, 0.717) is 17.5 Å². The molecule has 0 aliphatic heterocycles. The lowest BCUT2D eigenvalue weighted by atomic mass is 10.2. The van der Waals surface area contributed by atoms with Crippen molar-refractivity contribution in [1.29, 1.82) is 0 Å². The van der Waals surface area contributed by atoms with E-state index in [1.54, 1.807) is 6.20 Å². The molecule has 98 valence electrons. The second-order valence-electron chi connectivity index (χ2n) is 4.52. The van der Waals surface area contributed by atoms with Crippen molar-refractivity contribution in [2.45, 2.75) is 19.5 Å². The Labute approximate surface area is 115 Å². The molecule has 2 N–H and O–H groups in total. The Kier molecular flexibility index (Phi) is 2.91. The van der Waals surface area contributed by atoms with Crippen molar-refractivity contribution < 1.29 is 0 Å². The molecule has 1 unspecified atom stereocenters. The topological polar surface area (TPSA) is 61.7 Å². The zero-order valence-electron chi connectivity index (χ0n) is 10.5. The van der Waals surface area contributed by atoms with Gasteiger partial charge in [0.25, 0.3) is 0 Å². The van der Waals surface area contributed by atoms with Crippen LogP contribution in [0.3, 0.4) is 0 Å². The van der Waals surface area contributed by atoms with Crippen molar-refractivity contribution in [3.63, 3.8) is 0 Å². The molecule has 0 amide bonds. The summed E-state index contributed by atoms with van der Waals surface area (Å²) in [5.41, 5.74) is 7.71. The molecule has 1 aromatic carbocycles. The first kappa shape index (κ1) is 12.0. The van der Waals surface area contributed by atoms with Gasteiger partial charge in [0.15, 0.2) is 0 Å². The molecule has 0 spiro atoms. The van der Waals surface area contributed by atoms with E-state index in [1.807, 2.05) is 39.7 Å². The van der Waals surface area contributed by atoms with Crippen molar-refractivity contribution in [2.24, 2.45) is 0 Å². The van der Waals surface area contributed by atoms with Gasteiger partial charge in [-0.3, -0.25) is 4.68 Å². The molecule has 0 saturated heterocycles. The van der Waals surface area contributed by atoms with Gasteiger partial charge in [0.1, 0.15) is 0 Å². The molecule has 5 nitrogen and oxygen atoms in total. The average Bonchev–Trinajstić information content (AvgIpc) is 2.96. The standard InChI is InChI=1S/C13H14ClN5/c1-9(8-18-7-3-6-16-18)19-12-10(14)4-2-5-11(12)17-13(19)15/h2-7,9H,8H2,1H3,(H2,15,17). The Morgan fingerprint density at radius 2 is 2.21 bits per heavy atom. The van der Waals surface area contributed by atoms with Crippen molar-refractivity contribution in [1.82, 2.24) is 19.3 Å². The van der Waals surface area contributed by atoms with Gasteiger partial charge in [0.2, 0.25) is 5.95 Å². The van der Waals surface area contributed by atoms with Gasteiger partial charge in [-0.15, -0.1) is 0 Å². The van der Waals surface area contributed by atoms with Gasteiger partial charge in [-0.05, 0) is 25.1 Å². The summed E-state index contributed by atoms with van der Waals surface area (Å²) in [5.74, 6) is 0.475. The molecule has 0 bridgehead atoms. The molecule has 6 heteroatoms. The first-order chi connectivity index (χ1) is 9.16. The molecule has 19 heavy (non-hydrogen) atoms. The average molecular weight is 276 g/mol. The number of rotatable bonds is 3. The SMILES string of the molecule is CC(Cn1cccn1)n1c(N)nc2cccc(Cl)c21. The van der Waals surface area contributed by atoms with Gasteiger partial charge in [0, 0.05) is 12.4 Å². The van der Waals surface area contributed by atoms with Gasteiger partial charge in [-0.25, -0.2) is 4.98 Å². The van der Waals surface area contributed by atoms with E-state index in [4.69, 9.17) is 17.3 Å². The number of fused-ring (bicyclic) bond motifs is 1. The van der Waals surface area contributed by atoms with Gasteiger partial charge >= 0.3 is 0 Å². The normalized spacial score (nSPS) is 12.9. The quantitative estimate of drug-likeness (QED) is 0.799. The maximum absolute atomic E-state index is 6.26. The Balaban J connectivity index is 2.06. The number of hydrogen-bond donors (Lipinski definition) is 1. The van der Waals surface area contributed by atoms with Crippen LogP contribution in [-0.2, 0) is 6.54 Å². The predicted molar refractivity (Wildman–Crippen MR) is 76.1 cm³/mol. The molecule has 3 rings (SSSR count). The lowest BCUT2D eigenvalue weighted by molar-refractivity contribution is 0.450. The zero-order valence-corrected chi connectivity index (χ0v) is 11.2. The highest BCUT2D eigenvalue weighted by Crippen LogP contribution is 2.29. The summed E-state index contributed by atoms with van der Waals surface area (Å²) in [5, 5.41) is 4.87. The number of imidazole rings is 1. The molecule has 2 aromatic heterocycles. The van der Waals surface area contributed by atoms with Crippen LogP contribution >= 0.6 is 11.6 Å². The van der Waals surface area contributed by atoms with E-state index in [-0.39, 0.29) is 6.04 Å². The smallest absolute Gasteiger partial charge is 0.201 e. The Morgan fingerprint density at radius 1 is 1.37 bits per heavy atom. The Bertz CT molecular complexity index is 701. The lowest BCUT2D eigenvalue weighted by Crippen LogP contribution is -2.15. The third-order valence-electron chi connectivity index (χ3n) is 3.14. The van der Waals surface area contributed by atoms with Crippen LogP contribution in [0.4, 0.5) is 5.95 Å². The van der Waals surface area contributed by atoms with Crippen molar-refractivity contribution >= 4 is 28.6 Å². The van der Waals surface area contributed by atoms with Gasteiger partial charge < -0.3 is 10.3 Å². The molecule has 0 saturated carbocycles. The van der Waals surface area contributed by atoms with Crippen molar-refractivity contribution in [2.75, 3.05) is 5.73 Å². The highest BCUT2D eigenvalue weighted by Gasteiger charge is 2.16. The number of aromatic nitrogens is 4. The number of halogens is 1. The van der Waals surface area contributed by atoms with E-state index < -0.39 is 0 Å². The summed E-state index contributed by atoms with van der Waals surface area (Å²) in [7, 11) is 0. The Morgan fingerprint density at radius 3 is 2.95 bits per heavy atom. The number of anilines is 1. The number of hydrogen-bond acceptors (Lipinski definition) is 3. The minimum atomic E-state index is 0.116. The molecule has 3 aromatic rings. The number of benzene rings is 1. The number of nitrogens with zero attached hydrogens (tertiary/aromatic N) is 4. The number of para-hydroxylation sites is 1. The first-order valence-corrected chi connectivity index (χ1v) is 6.44. The van der Waals surface area contributed by atoms with E-state index in [0.717, 1.165) is 11.0 Å². The number of nitrogens with two attached hydrogens (primary N) is 1. The van der Waals surface area contributed by atoms with Crippen LogP contribution in [0.2, 0.25) is 5.02 Å². The minimum Gasteiger partial charge on any atom is -0.369 e. The second-order valence-corrected chi connectivity index (χ2v) is 4.93. The second kappa shape index (κ2) is 4.59. The maximum Gasteiger partial charge on any atom is 0.201 e. The van der Waals surface area contributed by atoms with Crippen LogP contribution < -0.4 is 5.73 Å². The fraction of sp³-hybridized carbons (Fsp3) is 0.231. The van der Waals surface area contributed by atoms with Crippen molar-refractivity contribution in [3.05, 3.63) is 41.7 Å². The van der Waals surface area contributed by atoms with Gasteiger partial charge in [0.05, 0.1) is 28.6 Å². The van der Waals surface area contributed by atoms with Crippen LogP contribution in [0, 0.1) is 0 Å². The zero-order chi connectivity index (χ0) is 13.4. The van der Waals surface area contributed by atoms with Gasteiger partial charge in [-0.2, -0.15) is 5.10 Å². The third kappa shape index (κ3) is 2.06. The van der Waals surface area contributed by atoms with E-state index in [2.05, 4.69) is 17.0 Å². The van der Waals surface area contributed by atoms with Crippen LogP contribution in [0.1, 0.15) is 13.0 Å². The van der Waals surface area contributed by atoms with Crippen LogP contribution in [0.5, 0.6) is 0 Å². The Hall–Kier alpha value is -2.01. The molecule has 0 fully saturated rings. The van der Waals surface area contributed by atoms with Crippen molar-refractivity contribution in [3.8, 4) is 0 Å². The molecule has 0 radical (unpaired) electrons. The predicted octanol–water partition coefficient (Wildman–Crippen LogP) is 2.73. The third-order valence-corrected chi connectivity index (χ3v) is 3.44. The molecule has 2 heterocycles. The minimum absolute atomic E-state index is 0.116. The largest absolute Gasteiger partial charge is 0.369 e. The van der Waals surface area contributed by atoms with Crippen LogP contribution in [0.15, 0.2) is 36.7 Å². The highest BCUT2D eigenvalue weighted by atomic mass is 35.5. The molecule has 1 atom stereocenters. The van der Waals surface area contributed by atoms with E-state index >= 15 is 0 Å². The van der Waals surface area contributed by atoms with E-state index in [1.165, 1.54) is 0 Å². The molecule has 0 aliphatic rings. The van der Waals surface area contributed by atoms with Gasteiger partial charge in [-0.1, -0.05) is 17.7 Å². The highest BCUT2D eigenvalue weighted by molar-refractivity contribution is 6.35. The van der Waals surface area contributed by atoms with Crippen LogP contribution in [0.25, 0.3) is 11.0 Å². The summed E-state index contributed by atoms with van der Waals surface area (Å²) in [6.07, 6.45) is 3.68. The number of nitrogen functional groups attached to an aromatic ring is 1. The fourth-order valence-electron chi connectivity index (χ4n) is 2.33. The van der Waals surface area contributed by atoms with Crippen LogP contribution in [-0.4, -0.2) is 19.3 Å². The maximum atomic E-state index is 6.26. The monoisotopic (exact) mass is 275 g/mol. The summed E-state index contributed by atoms with van der Waals surface area (Å²) in [6, 6.07) is 7.65. The fourth-order valence-corrected chi connectivity index (χ4v) is 2.59. The summed E-state index contributed by atoms with van der Waals surface area (Å²) in [6.45, 7) is 2.79. The molecule has 0 aliphatic carbocycles. The lowest BCUT2D eigenvalue weighted by Gasteiger charge is -2.16. The molecular formula is C13H14ClN5. The summed E-state index contributed by atoms with van der Waals surface area (Å²) in [4.78, 5) is 4.35. The first-order valence-electron chi connectivity index (χ1n) is 6.06.